The molecule has 0 aliphatic heterocycles. The summed E-state index contributed by atoms with van der Waals surface area (Å²) in [5, 5.41) is 17.4. The third-order valence-corrected chi connectivity index (χ3v) is 3.34. The molecule has 110 valence electrons. The van der Waals surface area contributed by atoms with Crippen LogP contribution >= 0.6 is 27.5 Å². The molecule has 0 unspecified atom stereocenters. The SMILES string of the molecule is CCNc1ncnc(Nc2ccc(Br)cc2Cl)c1[N+](=O)[O-]. The normalized spacial score (nSPS) is 10.2. The molecule has 0 atom stereocenters. The summed E-state index contributed by atoms with van der Waals surface area (Å²) in [6, 6.07) is 5.15. The van der Waals surface area contributed by atoms with E-state index >= 15 is 0 Å². The van der Waals surface area contributed by atoms with Gasteiger partial charge in [-0.3, -0.25) is 10.1 Å². The van der Waals surface area contributed by atoms with E-state index < -0.39 is 4.92 Å². The Hall–Kier alpha value is -1.93. The Bertz CT molecular complexity index is 683. The molecular weight excluding hydrogens is 362 g/mol. The van der Waals surface area contributed by atoms with Gasteiger partial charge in [-0.1, -0.05) is 27.5 Å². The molecule has 1 heterocycles. The summed E-state index contributed by atoms with van der Waals surface area (Å²) >= 11 is 9.39. The number of halogens is 2. The molecule has 1 aromatic heterocycles. The van der Waals surface area contributed by atoms with Gasteiger partial charge in [0, 0.05) is 11.0 Å². The van der Waals surface area contributed by atoms with Crippen LogP contribution in [0.1, 0.15) is 6.92 Å². The number of anilines is 3. The van der Waals surface area contributed by atoms with Gasteiger partial charge in [0.25, 0.3) is 0 Å². The van der Waals surface area contributed by atoms with E-state index in [0.29, 0.717) is 17.3 Å². The van der Waals surface area contributed by atoms with E-state index in [-0.39, 0.29) is 17.3 Å². The Morgan fingerprint density at radius 2 is 2.10 bits per heavy atom. The van der Waals surface area contributed by atoms with Crippen LogP contribution in [-0.4, -0.2) is 21.4 Å². The molecule has 21 heavy (non-hydrogen) atoms. The maximum absolute atomic E-state index is 11.3. The van der Waals surface area contributed by atoms with Crippen molar-refractivity contribution < 1.29 is 4.92 Å². The zero-order valence-corrected chi connectivity index (χ0v) is 13.3. The van der Waals surface area contributed by atoms with Crippen molar-refractivity contribution in [3.63, 3.8) is 0 Å². The number of aromatic nitrogens is 2. The van der Waals surface area contributed by atoms with E-state index in [1.165, 1.54) is 6.33 Å². The minimum Gasteiger partial charge on any atom is -0.364 e. The minimum absolute atomic E-state index is 0.0789. The minimum atomic E-state index is -0.535. The molecule has 0 spiro atoms. The first-order chi connectivity index (χ1) is 10.0. The molecule has 2 rings (SSSR count). The molecule has 0 aliphatic carbocycles. The summed E-state index contributed by atoms with van der Waals surface area (Å²) in [7, 11) is 0. The molecule has 0 saturated carbocycles. The Kier molecular flexibility index (Phi) is 4.92. The molecule has 1 aromatic carbocycles. The average Bonchev–Trinajstić information content (AvgIpc) is 2.42. The predicted octanol–water partition coefficient (Wildman–Crippen LogP) is 3.98. The van der Waals surface area contributed by atoms with Crippen molar-refractivity contribution in [3.8, 4) is 0 Å². The van der Waals surface area contributed by atoms with E-state index in [0.717, 1.165) is 4.47 Å². The van der Waals surface area contributed by atoms with Crippen molar-refractivity contribution in [2.45, 2.75) is 6.92 Å². The van der Waals surface area contributed by atoms with E-state index in [2.05, 4.69) is 36.5 Å². The molecule has 2 aromatic rings. The van der Waals surface area contributed by atoms with E-state index in [1.807, 2.05) is 6.92 Å². The van der Waals surface area contributed by atoms with Crippen molar-refractivity contribution in [2.24, 2.45) is 0 Å². The van der Waals surface area contributed by atoms with Crippen molar-refractivity contribution in [3.05, 3.63) is 44.1 Å². The topological polar surface area (TPSA) is 93.0 Å². The number of nitrogens with zero attached hydrogens (tertiary/aromatic N) is 3. The van der Waals surface area contributed by atoms with Crippen LogP contribution in [-0.2, 0) is 0 Å². The second-order valence-electron chi connectivity index (χ2n) is 3.96. The zero-order valence-electron chi connectivity index (χ0n) is 10.9. The van der Waals surface area contributed by atoms with Gasteiger partial charge in [0.15, 0.2) is 0 Å². The number of nitrogens with one attached hydrogen (secondary N) is 2. The molecule has 0 amide bonds. The molecule has 7 nitrogen and oxygen atoms in total. The van der Waals surface area contributed by atoms with Crippen LogP contribution in [0.2, 0.25) is 5.02 Å². The molecular formula is C12H11BrClN5O2. The van der Waals surface area contributed by atoms with Gasteiger partial charge in [-0.05, 0) is 25.1 Å². The van der Waals surface area contributed by atoms with Crippen LogP contribution in [0.5, 0.6) is 0 Å². The first kappa shape index (κ1) is 15.5. The first-order valence-electron chi connectivity index (χ1n) is 5.98. The van der Waals surface area contributed by atoms with Crippen LogP contribution in [0.4, 0.5) is 23.0 Å². The number of hydrogen-bond donors (Lipinski definition) is 2. The molecule has 9 heteroatoms. The van der Waals surface area contributed by atoms with E-state index in [1.54, 1.807) is 18.2 Å². The van der Waals surface area contributed by atoms with E-state index in [4.69, 9.17) is 11.6 Å². The Labute approximate surface area is 134 Å². The number of benzene rings is 1. The third-order valence-electron chi connectivity index (χ3n) is 2.53. The van der Waals surface area contributed by atoms with Crippen molar-refractivity contribution >= 4 is 50.5 Å². The van der Waals surface area contributed by atoms with Crippen molar-refractivity contribution in [1.29, 1.82) is 0 Å². The molecule has 2 N–H and O–H groups in total. The third kappa shape index (κ3) is 3.59. The predicted molar refractivity (Wildman–Crippen MR) is 85.3 cm³/mol. The quantitative estimate of drug-likeness (QED) is 0.609. The highest BCUT2D eigenvalue weighted by molar-refractivity contribution is 9.10. The highest BCUT2D eigenvalue weighted by Crippen LogP contribution is 2.34. The summed E-state index contributed by atoms with van der Waals surface area (Å²) in [6.45, 7) is 2.33. The lowest BCUT2D eigenvalue weighted by atomic mass is 10.3. The fourth-order valence-electron chi connectivity index (χ4n) is 1.66. The smallest absolute Gasteiger partial charge is 0.353 e. The lowest BCUT2D eigenvalue weighted by molar-refractivity contribution is -0.383. The van der Waals surface area contributed by atoms with Gasteiger partial charge >= 0.3 is 5.69 Å². The Balaban J connectivity index is 2.43. The fraction of sp³-hybridized carbons (Fsp3) is 0.167. The van der Waals surface area contributed by atoms with Gasteiger partial charge in [-0.25, -0.2) is 9.97 Å². The number of nitro groups is 1. The van der Waals surface area contributed by atoms with Gasteiger partial charge in [-0.2, -0.15) is 0 Å². The molecule has 0 aliphatic rings. The van der Waals surface area contributed by atoms with Crippen LogP contribution in [0.3, 0.4) is 0 Å². The fourth-order valence-corrected chi connectivity index (χ4v) is 2.38. The van der Waals surface area contributed by atoms with Gasteiger partial charge in [0.05, 0.1) is 15.6 Å². The van der Waals surface area contributed by atoms with Crippen molar-refractivity contribution in [2.75, 3.05) is 17.2 Å². The molecule has 0 fully saturated rings. The zero-order chi connectivity index (χ0) is 15.4. The van der Waals surface area contributed by atoms with Gasteiger partial charge in [0.2, 0.25) is 11.6 Å². The van der Waals surface area contributed by atoms with Crippen LogP contribution < -0.4 is 10.6 Å². The number of hydrogen-bond acceptors (Lipinski definition) is 6. The second kappa shape index (κ2) is 6.68. The van der Waals surface area contributed by atoms with Gasteiger partial charge in [0.1, 0.15) is 6.33 Å². The maximum Gasteiger partial charge on any atom is 0.353 e. The van der Waals surface area contributed by atoms with Crippen LogP contribution in [0, 0.1) is 10.1 Å². The molecule has 0 bridgehead atoms. The monoisotopic (exact) mass is 371 g/mol. The molecule has 0 saturated heterocycles. The summed E-state index contributed by atoms with van der Waals surface area (Å²) in [4.78, 5) is 18.5. The molecule has 0 radical (unpaired) electrons. The largest absolute Gasteiger partial charge is 0.364 e. The highest BCUT2D eigenvalue weighted by Gasteiger charge is 2.23. The van der Waals surface area contributed by atoms with Gasteiger partial charge in [-0.15, -0.1) is 0 Å². The maximum atomic E-state index is 11.3. The second-order valence-corrected chi connectivity index (χ2v) is 5.28. The average molecular weight is 373 g/mol. The van der Waals surface area contributed by atoms with Crippen molar-refractivity contribution in [1.82, 2.24) is 9.97 Å². The van der Waals surface area contributed by atoms with Gasteiger partial charge < -0.3 is 10.6 Å². The van der Waals surface area contributed by atoms with Crippen LogP contribution in [0.15, 0.2) is 29.0 Å². The standard InChI is InChI=1S/C12H11BrClN5O2/c1-2-15-11-10(19(20)21)12(17-6-16-11)18-9-4-3-7(13)5-8(9)14/h3-6H,2H2,1H3,(H2,15,16,17,18). The van der Waals surface area contributed by atoms with Crippen LogP contribution in [0.25, 0.3) is 0 Å². The lowest BCUT2D eigenvalue weighted by Crippen LogP contribution is -2.07. The summed E-state index contributed by atoms with van der Waals surface area (Å²) in [5.41, 5.74) is 0.294. The Morgan fingerprint density at radius 3 is 2.71 bits per heavy atom. The highest BCUT2D eigenvalue weighted by atomic mass is 79.9. The number of rotatable bonds is 5. The Morgan fingerprint density at radius 1 is 1.38 bits per heavy atom. The first-order valence-corrected chi connectivity index (χ1v) is 7.15. The summed E-state index contributed by atoms with van der Waals surface area (Å²) in [6.07, 6.45) is 1.25. The summed E-state index contributed by atoms with van der Waals surface area (Å²) < 4.78 is 0.809. The van der Waals surface area contributed by atoms with E-state index in [9.17, 15) is 10.1 Å². The lowest BCUT2D eigenvalue weighted by Gasteiger charge is -2.10. The summed E-state index contributed by atoms with van der Waals surface area (Å²) in [5.74, 6) is 0.239.